The Kier molecular flexibility index (Phi) is 2.63. The predicted molar refractivity (Wildman–Crippen MR) is 55.5 cm³/mol. The third-order valence-corrected chi connectivity index (χ3v) is 2.63. The molecule has 1 aliphatic rings. The van der Waals surface area contributed by atoms with Gasteiger partial charge in [-0.25, -0.2) is 9.97 Å². The molecule has 1 fully saturated rings. The second-order valence-corrected chi connectivity index (χ2v) is 4.04. The number of hydrogen-bond donors (Lipinski definition) is 1. The van der Waals surface area contributed by atoms with Crippen molar-refractivity contribution in [3.63, 3.8) is 0 Å². The highest BCUT2D eigenvalue weighted by Crippen LogP contribution is 2.16. The van der Waals surface area contributed by atoms with Crippen molar-refractivity contribution < 1.29 is 0 Å². The third-order valence-electron chi connectivity index (χ3n) is 2.63. The van der Waals surface area contributed by atoms with Gasteiger partial charge in [0, 0.05) is 19.3 Å². The lowest BCUT2D eigenvalue weighted by Gasteiger charge is -2.14. The number of nitrogens with two attached hydrogens (primary N) is 1. The maximum atomic E-state index is 5.52. The Morgan fingerprint density at radius 2 is 2.50 bits per heavy atom. The highest BCUT2D eigenvalue weighted by atomic mass is 15.2. The summed E-state index contributed by atoms with van der Waals surface area (Å²) in [6, 6.07) is 1.93. The Morgan fingerprint density at radius 1 is 1.64 bits per heavy atom. The number of rotatable bonds is 2. The number of likely N-dealkylation sites (tertiary alicyclic amines) is 1. The Labute approximate surface area is 84.2 Å². The Bertz CT molecular complexity index is 313. The molecule has 0 radical (unpaired) electrons. The fourth-order valence-electron chi connectivity index (χ4n) is 1.90. The maximum absolute atomic E-state index is 5.52. The summed E-state index contributed by atoms with van der Waals surface area (Å²) in [6.45, 7) is 5.53. The van der Waals surface area contributed by atoms with E-state index in [1.165, 1.54) is 19.5 Å². The standard InChI is InChI=1S/C10H16N4/c1-8-3-5-14(6-8)7-9-2-4-12-10(11)13-9/h2,4,8H,3,5-7H2,1H3,(H2,11,12,13). The van der Waals surface area contributed by atoms with Gasteiger partial charge < -0.3 is 5.73 Å². The Balaban J connectivity index is 1.97. The summed E-state index contributed by atoms with van der Waals surface area (Å²) in [5, 5.41) is 0. The molecule has 0 aliphatic carbocycles. The monoisotopic (exact) mass is 192 g/mol. The topological polar surface area (TPSA) is 55.0 Å². The zero-order chi connectivity index (χ0) is 9.97. The summed E-state index contributed by atoms with van der Waals surface area (Å²) in [6.07, 6.45) is 3.01. The van der Waals surface area contributed by atoms with Gasteiger partial charge in [0.2, 0.25) is 5.95 Å². The molecule has 0 bridgehead atoms. The van der Waals surface area contributed by atoms with E-state index >= 15 is 0 Å². The number of anilines is 1. The molecular weight excluding hydrogens is 176 g/mol. The lowest BCUT2D eigenvalue weighted by Crippen LogP contribution is -2.20. The molecule has 1 atom stereocenters. The summed E-state index contributed by atoms with van der Waals surface area (Å²) in [5.41, 5.74) is 6.54. The van der Waals surface area contributed by atoms with Crippen molar-refractivity contribution in [2.24, 2.45) is 5.92 Å². The van der Waals surface area contributed by atoms with E-state index in [4.69, 9.17) is 5.73 Å². The van der Waals surface area contributed by atoms with Crippen molar-refractivity contribution in [2.45, 2.75) is 19.9 Å². The second kappa shape index (κ2) is 3.92. The summed E-state index contributed by atoms with van der Waals surface area (Å²) in [4.78, 5) is 10.5. The van der Waals surface area contributed by atoms with Crippen LogP contribution in [0, 0.1) is 5.92 Å². The van der Waals surface area contributed by atoms with Crippen LogP contribution in [-0.2, 0) is 6.54 Å². The van der Waals surface area contributed by atoms with Crippen molar-refractivity contribution in [3.8, 4) is 0 Å². The van der Waals surface area contributed by atoms with Crippen molar-refractivity contribution in [1.82, 2.24) is 14.9 Å². The van der Waals surface area contributed by atoms with Gasteiger partial charge in [-0.15, -0.1) is 0 Å². The predicted octanol–water partition coefficient (Wildman–Crippen LogP) is 0.901. The quantitative estimate of drug-likeness (QED) is 0.756. The molecule has 14 heavy (non-hydrogen) atoms. The average molecular weight is 192 g/mol. The molecule has 2 N–H and O–H groups in total. The van der Waals surface area contributed by atoms with Gasteiger partial charge in [0.05, 0.1) is 5.69 Å². The first-order valence-electron chi connectivity index (χ1n) is 5.04. The smallest absolute Gasteiger partial charge is 0.220 e. The lowest BCUT2D eigenvalue weighted by molar-refractivity contribution is 0.316. The SMILES string of the molecule is CC1CCN(Cc2ccnc(N)n2)C1. The number of hydrogen-bond acceptors (Lipinski definition) is 4. The average Bonchev–Trinajstić information content (AvgIpc) is 2.51. The van der Waals surface area contributed by atoms with Gasteiger partial charge in [-0.2, -0.15) is 0 Å². The van der Waals surface area contributed by atoms with Crippen LogP contribution in [0.1, 0.15) is 19.0 Å². The van der Waals surface area contributed by atoms with E-state index in [1.54, 1.807) is 6.20 Å². The molecule has 1 aliphatic heterocycles. The molecule has 4 nitrogen and oxygen atoms in total. The number of aromatic nitrogens is 2. The molecule has 1 unspecified atom stereocenters. The zero-order valence-corrected chi connectivity index (χ0v) is 8.48. The Morgan fingerprint density at radius 3 is 3.14 bits per heavy atom. The first kappa shape index (κ1) is 9.40. The maximum Gasteiger partial charge on any atom is 0.220 e. The van der Waals surface area contributed by atoms with Crippen LogP contribution in [0.3, 0.4) is 0 Å². The molecule has 2 rings (SSSR count). The first-order valence-corrected chi connectivity index (χ1v) is 5.04. The first-order chi connectivity index (χ1) is 6.74. The molecule has 4 heteroatoms. The highest BCUT2D eigenvalue weighted by Gasteiger charge is 2.18. The van der Waals surface area contributed by atoms with Crippen LogP contribution in [0.15, 0.2) is 12.3 Å². The zero-order valence-electron chi connectivity index (χ0n) is 8.48. The molecule has 0 saturated carbocycles. The van der Waals surface area contributed by atoms with Gasteiger partial charge in [0.25, 0.3) is 0 Å². The van der Waals surface area contributed by atoms with E-state index < -0.39 is 0 Å². The van der Waals surface area contributed by atoms with Crippen LogP contribution < -0.4 is 5.73 Å². The van der Waals surface area contributed by atoms with Gasteiger partial charge in [-0.3, -0.25) is 4.90 Å². The normalized spacial score (nSPS) is 22.8. The van der Waals surface area contributed by atoms with E-state index in [0.717, 1.165) is 18.2 Å². The molecule has 1 aromatic heterocycles. The molecule has 0 aromatic carbocycles. The number of nitrogens with zero attached hydrogens (tertiary/aromatic N) is 3. The molecule has 1 saturated heterocycles. The summed E-state index contributed by atoms with van der Waals surface area (Å²) < 4.78 is 0. The largest absolute Gasteiger partial charge is 0.368 e. The second-order valence-electron chi connectivity index (χ2n) is 4.04. The van der Waals surface area contributed by atoms with E-state index in [9.17, 15) is 0 Å². The van der Waals surface area contributed by atoms with E-state index in [0.29, 0.717) is 5.95 Å². The summed E-state index contributed by atoms with van der Waals surface area (Å²) >= 11 is 0. The van der Waals surface area contributed by atoms with Gasteiger partial charge >= 0.3 is 0 Å². The number of nitrogen functional groups attached to an aromatic ring is 1. The van der Waals surface area contributed by atoms with Crippen molar-refractivity contribution in [1.29, 1.82) is 0 Å². The minimum atomic E-state index is 0.370. The van der Waals surface area contributed by atoms with Gasteiger partial charge in [-0.1, -0.05) is 6.92 Å². The molecule has 76 valence electrons. The molecule has 2 heterocycles. The van der Waals surface area contributed by atoms with E-state index in [-0.39, 0.29) is 0 Å². The lowest BCUT2D eigenvalue weighted by atomic mass is 10.2. The molecular formula is C10H16N4. The van der Waals surface area contributed by atoms with Crippen molar-refractivity contribution in [2.75, 3.05) is 18.8 Å². The molecule has 0 amide bonds. The molecule has 0 spiro atoms. The minimum Gasteiger partial charge on any atom is -0.368 e. The fraction of sp³-hybridized carbons (Fsp3) is 0.600. The van der Waals surface area contributed by atoms with E-state index in [1.807, 2.05) is 6.07 Å². The van der Waals surface area contributed by atoms with Crippen LogP contribution in [0.25, 0.3) is 0 Å². The molecule has 1 aromatic rings. The summed E-state index contributed by atoms with van der Waals surface area (Å²) in [7, 11) is 0. The van der Waals surface area contributed by atoms with Crippen molar-refractivity contribution >= 4 is 5.95 Å². The summed E-state index contributed by atoms with van der Waals surface area (Å²) in [5.74, 6) is 1.18. The van der Waals surface area contributed by atoms with Crippen LogP contribution in [0.4, 0.5) is 5.95 Å². The van der Waals surface area contributed by atoms with E-state index in [2.05, 4.69) is 21.8 Å². The van der Waals surface area contributed by atoms with Crippen LogP contribution in [-0.4, -0.2) is 28.0 Å². The van der Waals surface area contributed by atoms with Gasteiger partial charge in [-0.05, 0) is 24.9 Å². The van der Waals surface area contributed by atoms with Crippen LogP contribution in [0.2, 0.25) is 0 Å². The third kappa shape index (κ3) is 2.20. The minimum absolute atomic E-state index is 0.370. The highest BCUT2D eigenvalue weighted by molar-refractivity contribution is 5.17. The van der Waals surface area contributed by atoms with Crippen LogP contribution >= 0.6 is 0 Å². The van der Waals surface area contributed by atoms with Gasteiger partial charge in [0.15, 0.2) is 0 Å². The van der Waals surface area contributed by atoms with Crippen LogP contribution in [0.5, 0.6) is 0 Å². The fourth-order valence-corrected chi connectivity index (χ4v) is 1.90. The van der Waals surface area contributed by atoms with Crippen molar-refractivity contribution in [3.05, 3.63) is 18.0 Å². The van der Waals surface area contributed by atoms with Gasteiger partial charge in [0.1, 0.15) is 0 Å². The Hall–Kier alpha value is -1.16.